The number of halogens is 2. The average molecular weight is 537 g/mol. The highest BCUT2D eigenvalue weighted by Gasteiger charge is 2.23. The highest BCUT2D eigenvalue weighted by molar-refractivity contribution is 9.10. The summed E-state index contributed by atoms with van der Waals surface area (Å²) in [7, 11) is 0. The van der Waals surface area contributed by atoms with Crippen LogP contribution in [0.4, 0.5) is 5.95 Å². The van der Waals surface area contributed by atoms with E-state index in [4.69, 9.17) is 35.3 Å². The van der Waals surface area contributed by atoms with Gasteiger partial charge in [0.25, 0.3) is 0 Å². The maximum Gasteiger partial charge on any atom is 0.316 e. The first kappa shape index (κ1) is 21.9. The first-order chi connectivity index (χ1) is 16.2. The summed E-state index contributed by atoms with van der Waals surface area (Å²) in [6.45, 7) is 3.14. The van der Waals surface area contributed by atoms with Crippen LogP contribution in [0.5, 0.6) is 23.4 Å². The first-order valence-electron chi connectivity index (χ1n) is 10.2. The fourth-order valence-corrected chi connectivity index (χ4v) is 3.82. The van der Waals surface area contributed by atoms with Crippen molar-refractivity contribution < 1.29 is 23.7 Å². The van der Waals surface area contributed by atoms with Gasteiger partial charge >= 0.3 is 6.01 Å². The quantitative estimate of drug-likeness (QED) is 0.330. The van der Waals surface area contributed by atoms with E-state index in [0.29, 0.717) is 55.2 Å². The molecule has 2 aliphatic rings. The van der Waals surface area contributed by atoms with Gasteiger partial charge in [0.1, 0.15) is 18.4 Å². The maximum atomic E-state index is 6.65. The molecule has 0 atom stereocenters. The smallest absolute Gasteiger partial charge is 0.316 e. The van der Waals surface area contributed by atoms with Crippen molar-refractivity contribution in [3.63, 3.8) is 0 Å². The second kappa shape index (κ2) is 9.94. The Morgan fingerprint density at radius 3 is 2.58 bits per heavy atom. The van der Waals surface area contributed by atoms with E-state index in [1.165, 1.54) is 0 Å². The van der Waals surface area contributed by atoms with Gasteiger partial charge in [0, 0.05) is 25.5 Å². The molecule has 10 nitrogen and oxygen atoms in total. The van der Waals surface area contributed by atoms with Crippen molar-refractivity contribution in [1.29, 1.82) is 0 Å². The van der Waals surface area contributed by atoms with Gasteiger partial charge in [-0.25, -0.2) is 15.0 Å². The molecule has 1 fully saturated rings. The molecule has 0 saturated carbocycles. The largest absolute Gasteiger partial charge is 0.473 e. The third kappa shape index (κ3) is 5.05. The van der Waals surface area contributed by atoms with Gasteiger partial charge in [0.05, 0.1) is 23.2 Å². The molecule has 0 amide bonds. The number of rotatable bonds is 7. The minimum Gasteiger partial charge on any atom is -0.473 e. The van der Waals surface area contributed by atoms with E-state index in [1.807, 2.05) is 23.1 Å². The van der Waals surface area contributed by atoms with Crippen molar-refractivity contribution in [2.75, 3.05) is 51.2 Å². The zero-order chi connectivity index (χ0) is 22.6. The van der Waals surface area contributed by atoms with E-state index in [2.05, 4.69) is 35.9 Å². The second-order valence-electron chi connectivity index (χ2n) is 7.04. The van der Waals surface area contributed by atoms with Crippen molar-refractivity contribution in [2.24, 2.45) is 0 Å². The number of aromatic nitrogens is 4. The van der Waals surface area contributed by atoms with Gasteiger partial charge < -0.3 is 28.6 Å². The van der Waals surface area contributed by atoms with Crippen LogP contribution in [0, 0.1) is 0 Å². The Kier molecular flexibility index (Phi) is 6.60. The van der Waals surface area contributed by atoms with E-state index in [1.54, 1.807) is 12.4 Å². The molecule has 0 N–H and O–H groups in total. The minimum absolute atomic E-state index is 0.178. The summed E-state index contributed by atoms with van der Waals surface area (Å²) in [5.41, 5.74) is 1.32. The average Bonchev–Trinajstić information content (AvgIpc) is 3.31. The molecule has 2 aromatic heterocycles. The topological polar surface area (TPSA) is 101 Å². The van der Waals surface area contributed by atoms with Gasteiger partial charge in [-0.2, -0.15) is 4.98 Å². The van der Waals surface area contributed by atoms with Crippen molar-refractivity contribution in [1.82, 2.24) is 19.9 Å². The molecule has 0 unspecified atom stereocenters. The van der Waals surface area contributed by atoms with Gasteiger partial charge in [-0.15, -0.1) is 0 Å². The molecule has 0 bridgehead atoms. The van der Waals surface area contributed by atoms with E-state index in [9.17, 15) is 0 Å². The van der Waals surface area contributed by atoms with Crippen LogP contribution in [-0.2, 0) is 4.74 Å². The third-order valence-electron chi connectivity index (χ3n) is 4.92. The zero-order valence-electron chi connectivity index (χ0n) is 17.4. The lowest BCUT2D eigenvalue weighted by Crippen LogP contribution is -2.37. The molecule has 33 heavy (non-hydrogen) atoms. The molecule has 2 aliphatic heterocycles. The molecule has 0 radical (unpaired) electrons. The van der Waals surface area contributed by atoms with Crippen LogP contribution in [0.2, 0.25) is 5.15 Å². The Labute approximate surface area is 202 Å². The van der Waals surface area contributed by atoms with Crippen LogP contribution in [-0.4, -0.2) is 66.2 Å². The van der Waals surface area contributed by atoms with Crippen LogP contribution in [0.15, 0.2) is 35.1 Å². The van der Waals surface area contributed by atoms with Gasteiger partial charge in [0.15, 0.2) is 11.5 Å². The van der Waals surface area contributed by atoms with Gasteiger partial charge in [-0.1, -0.05) is 17.7 Å². The van der Waals surface area contributed by atoms with Crippen molar-refractivity contribution in [2.45, 2.75) is 0 Å². The van der Waals surface area contributed by atoms with E-state index >= 15 is 0 Å². The standard InChI is InChI=1S/C21H19BrClN5O5/c22-14-10-24-21(25-11-14)31-8-7-30-19-17(13-1-2-15-16(9-13)33-12-32-15)18(23)26-20(27-19)28-3-5-29-6-4-28/h1-2,9-11H,3-8,12H2. The molecule has 0 aliphatic carbocycles. The molecule has 0 spiro atoms. The minimum atomic E-state index is 0.178. The molecule has 12 heteroatoms. The van der Waals surface area contributed by atoms with Crippen LogP contribution in [0.3, 0.4) is 0 Å². The Morgan fingerprint density at radius 2 is 1.76 bits per heavy atom. The van der Waals surface area contributed by atoms with Crippen LogP contribution < -0.4 is 23.8 Å². The molecule has 4 heterocycles. The summed E-state index contributed by atoms with van der Waals surface area (Å²) in [5, 5.41) is 0.275. The van der Waals surface area contributed by atoms with Crippen LogP contribution in [0.25, 0.3) is 11.1 Å². The van der Waals surface area contributed by atoms with Crippen LogP contribution in [0.1, 0.15) is 0 Å². The van der Waals surface area contributed by atoms with Gasteiger partial charge in [-0.3, -0.25) is 0 Å². The fourth-order valence-electron chi connectivity index (χ4n) is 3.35. The number of fused-ring (bicyclic) bond motifs is 1. The summed E-state index contributed by atoms with van der Waals surface area (Å²) in [4.78, 5) is 19.4. The Hall–Kier alpha value is -2.89. The lowest BCUT2D eigenvalue weighted by molar-refractivity contribution is 0.122. The number of ether oxygens (including phenoxy) is 5. The number of hydrogen-bond acceptors (Lipinski definition) is 10. The third-order valence-corrected chi connectivity index (χ3v) is 5.61. The SMILES string of the molecule is Clc1nc(N2CCOCC2)nc(OCCOc2ncc(Br)cn2)c1-c1ccc2c(c1)OCO2. The molecular formula is C21H19BrClN5O5. The molecular weight excluding hydrogens is 518 g/mol. The molecule has 1 saturated heterocycles. The van der Waals surface area contributed by atoms with Crippen molar-refractivity contribution in [3.05, 3.63) is 40.2 Å². The molecule has 1 aromatic carbocycles. The normalized spacial score (nSPS) is 14.9. The number of anilines is 1. The van der Waals surface area contributed by atoms with Crippen LogP contribution >= 0.6 is 27.5 Å². The predicted molar refractivity (Wildman–Crippen MR) is 122 cm³/mol. The Balaban J connectivity index is 1.39. The number of benzene rings is 1. The summed E-state index contributed by atoms with van der Waals surface area (Å²) in [5.74, 6) is 2.13. The molecule has 5 rings (SSSR count). The fraction of sp³-hybridized carbons (Fsp3) is 0.333. The van der Waals surface area contributed by atoms with Gasteiger partial charge in [-0.05, 0) is 33.6 Å². The summed E-state index contributed by atoms with van der Waals surface area (Å²) in [6, 6.07) is 5.78. The summed E-state index contributed by atoms with van der Waals surface area (Å²) in [6.07, 6.45) is 3.22. The Bertz CT molecular complexity index is 1130. The van der Waals surface area contributed by atoms with E-state index < -0.39 is 0 Å². The molecule has 3 aromatic rings. The summed E-state index contributed by atoms with van der Waals surface area (Å²) >= 11 is 9.94. The zero-order valence-corrected chi connectivity index (χ0v) is 19.7. The van der Waals surface area contributed by atoms with Crippen molar-refractivity contribution in [3.8, 4) is 34.5 Å². The van der Waals surface area contributed by atoms with Gasteiger partial charge in [0.2, 0.25) is 18.6 Å². The van der Waals surface area contributed by atoms with Crippen molar-refractivity contribution >= 4 is 33.5 Å². The lowest BCUT2D eigenvalue weighted by atomic mass is 10.1. The number of morpholine rings is 1. The van der Waals surface area contributed by atoms with E-state index in [0.717, 1.165) is 10.0 Å². The number of hydrogen-bond donors (Lipinski definition) is 0. The molecule has 172 valence electrons. The first-order valence-corrected chi connectivity index (χ1v) is 11.4. The highest BCUT2D eigenvalue weighted by Crippen LogP contribution is 2.41. The monoisotopic (exact) mass is 535 g/mol. The maximum absolute atomic E-state index is 6.65. The predicted octanol–water partition coefficient (Wildman–Crippen LogP) is 3.37. The van der Waals surface area contributed by atoms with E-state index in [-0.39, 0.29) is 31.2 Å². The highest BCUT2D eigenvalue weighted by atomic mass is 79.9. The Morgan fingerprint density at radius 1 is 1.00 bits per heavy atom. The second-order valence-corrected chi connectivity index (χ2v) is 8.32. The lowest BCUT2D eigenvalue weighted by Gasteiger charge is -2.27. The number of nitrogens with zero attached hydrogens (tertiary/aromatic N) is 5. The summed E-state index contributed by atoms with van der Waals surface area (Å²) < 4.78 is 28.7.